The van der Waals surface area contributed by atoms with Crippen LogP contribution >= 0.6 is 15.9 Å². The van der Waals surface area contributed by atoms with Crippen molar-refractivity contribution < 1.29 is 9.47 Å². The normalized spacial score (nSPS) is 30.0. The molecular weight excluding hydrogens is 256 g/mol. The summed E-state index contributed by atoms with van der Waals surface area (Å²) in [6.45, 7) is 12.1. The maximum absolute atomic E-state index is 5.80. The zero-order valence-corrected chi connectivity index (χ0v) is 12.1. The van der Waals surface area contributed by atoms with Crippen molar-refractivity contribution in [3.63, 3.8) is 0 Å². The van der Waals surface area contributed by atoms with Crippen LogP contribution in [0.15, 0.2) is 0 Å². The van der Waals surface area contributed by atoms with Crippen LogP contribution < -0.4 is 0 Å². The molecule has 0 aromatic rings. The molecule has 2 unspecified atom stereocenters. The smallest absolute Gasteiger partial charge is 0.0707 e. The van der Waals surface area contributed by atoms with Gasteiger partial charge >= 0.3 is 0 Å². The maximum Gasteiger partial charge on any atom is 0.0707 e. The Balaban J connectivity index is 2.12. The number of rotatable bonds is 4. The second-order valence-corrected chi connectivity index (χ2v) is 6.95. The fourth-order valence-electron chi connectivity index (χ4n) is 1.66. The first-order valence-electron chi connectivity index (χ1n) is 5.63. The summed E-state index contributed by atoms with van der Waals surface area (Å²) in [5.74, 6) is 0. The van der Waals surface area contributed by atoms with Crippen molar-refractivity contribution in [3.8, 4) is 0 Å². The summed E-state index contributed by atoms with van der Waals surface area (Å²) in [4.78, 5) is 0.596. The minimum Gasteiger partial charge on any atom is -0.375 e. The lowest BCUT2D eigenvalue weighted by molar-refractivity contribution is -0.113. The van der Waals surface area contributed by atoms with Gasteiger partial charge in [0.05, 0.1) is 24.9 Å². The zero-order chi connectivity index (χ0) is 11.7. The second-order valence-electron chi connectivity index (χ2n) is 5.84. The van der Waals surface area contributed by atoms with Gasteiger partial charge in [0, 0.05) is 10.2 Å². The Bertz CT molecular complexity index is 208. The average molecular weight is 279 g/mol. The van der Waals surface area contributed by atoms with Gasteiger partial charge < -0.3 is 9.47 Å². The Kier molecular flexibility index (Phi) is 4.24. The third-order valence-electron chi connectivity index (χ3n) is 3.00. The van der Waals surface area contributed by atoms with E-state index in [1.807, 2.05) is 0 Å². The predicted octanol–water partition coefficient (Wildman–Crippen LogP) is 3.38. The first-order valence-corrected chi connectivity index (χ1v) is 6.54. The highest BCUT2D eigenvalue weighted by molar-refractivity contribution is 9.09. The molecule has 2 nitrogen and oxygen atoms in total. The predicted molar refractivity (Wildman–Crippen MR) is 66.6 cm³/mol. The van der Waals surface area contributed by atoms with Crippen molar-refractivity contribution in [1.29, 1.82) is 0 Å². The molecule has 0 radical (unpaired) electrons. The Morgan fingerprint density at radius 2 is 1.87 bits per heavy atom. The summed E-state index contributed by atoms with van der Waals surface area (Å²) < 4.78 is 11.4. The van der Waals surface area contributed by atoms with E-state index in [4.69, 9.17) is 9.47 Å². The van der Waals surface area contributed by atoms with Crippen molar-refractivity contribution in [2.45, 2.75) is 57.6 Å². The molecule has 1 aliphatic carbocycles. The number of halogens is 1. The average Bonchev–Trinajstić information content (AvgIpc) is 2.08. The molecular formula is C12H23BrO2. The highest BCUT2D eigenvalue weighted by Gasteiger charge is 2.47. The van der Waals surface area contributed by atoms with E-state index >= 15 is 0 Å². The number of hydrogen-bond donors (Lipinski definition) is 0. The number of ether oxygens (including phenoxy) is 2. The molecule has 0 aromatic carbocycles. The Labute approximate surface area is 102 Å². The largest absolute Gasteiger partial charge is 0.375 e. The first-order chi connectivity index (χ1) is 6.73. The lowest BCUT2D eigenvalue weighted by Gasteiger charge is -2.48. The molecule has 0 spiro atoms. The van der Waals surface area contributed by atoms with E-state index in [0.717, 1.165) is 6.42 Å². The first kappa shape index (κ1) is 13.5. The minimum atomic E-state index is -0.0591. The fraction of sp³-hybridized carbons (Fsp3) is 1.00. The molecule has 1 rings (SSSR count). The van der Waals surface area contributed by atoms with Gasteiger partial charge in [-0.15, -0.1) is 0 Å². The van der Waals surface area contributed by atoms with Gasteiger partial charge in [0.15, 0.2) is 0 Å². The molecule has 0 bridgehead atoms. The van der Waals surface area contributed by atoms with Gasteiger partial charge in [-0.3, -0.25) is 0 Å². The molecule has 0 amide bonds. The summed E-state index contributed by atoms with van der Waals surface area (Å²) >= 11 is 3.65. The SMILES string of the molecule is CC(C)(C)OCCOC1CC(Br)C1(C)C. The van der Waals surface area contributed by atoms with Crippen molar-refractivity contribution >= 4 is 15.9 Å². The molecule has 0 heterocycles. The molecule has 90 valence electrons. The van der Waals surface area contributed by atoms with E-state index in [0.29, 0.717) is 24.1 Å². The quantitative estimate of drug-likeness (QED) is 0.580. The zero-order valence-electron chi connectivity index (χ0n) is 10.5. The van der Waals surface area contributed by atoms with E-state index < -0.39 is 0 Å². The molecule has 1 fully saturated rings. The molecule has 0 saturated heterocycles. The maximum atomic E-state index is 5.80. The molecule has 0 aliphatic heterocycles. The third kappa shape index (κ3) is 3.72. The van der Waals surface area contributed by atoms with Gasteiger partial charge in [0.25, 0.3) is 0 Å². The van der Waals surface area contributed by atoms with Crippen molar-refractivity contribution in [2.24, 2.45) is 5.41 Å². The molecule has 15 heavy (non-hydrogen) atoms. The molecule has 2 atom stereocenters. The third-order valence-corrected chi connectivity index (χ3v) is 4.55. The van der Waals surface area contributed by atoms with E-state index in [9.17, 15) is 0 Å². The Morgan fingerprint density at radius 3 is 2.27 bits per heavy atom. The van der Waals surface area contributed by atoms with Gasteiger partial charge in [-0.05, 0) is 27.2 Å². The molecule has 1 aliphatic rings. The molecule has 1 saturated carbocycles. The standard InChI is InChI=1S/C12H23BrO2/c1-11(2,3)15-7-6-14-10-8-9(13)12(10,4)5/h9-10H,6-8H2,1-5H3. The van der Waals surface area contributed by atoms with Crippen LogP contribution in [0.25, 0.3) is 0 Å². The monoisotopic (exact) mass is 278 g/mol. The van der Waals surface area contributed by atoms with Crippen LogP contribution in [-0.2, 0) is 9.47 Å². The lowest BCUT2D eigenvalue weighted by Crippen LogP contribution is -2.51. The van der Waals surface area contributed by atoms with Crippen LogP contribution in [0, 0.1) is 5.41 Å². The summed E-state index contributed by atoms with van der Waals surface area (Å²) in [6, 6.07) is 0. The highest BCUT2D eigenvalue weighted by atomic mass is 79.9. The fourth-order valence-corrected chi connectivity index (χ4v) is 2.29. The van der Waals surface area contributed by atoms with Crippen LogP contribution in [0.4, 0.5) is 0 Å². The van der Waals surface area contributed by atoms with Gasteiger partial charge in [0.2, 0.25) is 0 Å². The van der Waals surface area contributed by atoms with Gasteiger partial charge in [-0.25, -0.2) is 0 Å². The van der Waals surface area contributed by atoms with Gasteiger partial charge in [-0.1, -0.05) is 29.8 Å². The molecule has 0 N–H and O–H groups in total. The van der Waals surface area contributed by atoms with E-state index in [1.165, 1.54) is 0 Å². The topological polar surface area (TPSA) is 18.5 Å². The number of hydrogen-bond acceptors (Lipinski definition) is 2. The van der Waals surface area contributed by atoms with E-state index in [-0.39, 0.29) is 11.0 Å². The van der Waals surface area contributed by atoms with Crippen LogP contribution in [0.3, 0.4) is 0 Å². The Hall–Kier alpha value is 0.400. The summed E-state index contributed by atoms with van der Waals surface area (Å²) in [6.07, 6.45) is 1.49. The second kappa shape index (κ2) is 4.72. The van der Waals surface area contributed by atoms with Crippen LogP contribution in [0.1, 0.15) is 41.0 Å². The Morgan fingerprint density at radius 1 is 1.27 bits per heavy atom. The van der Waals surface area contributed by atoms with Crippen LogP contribution in [0.5, 0.6) is 0 Å². The summed E-state index contributed by atoms with van der Waals surface area (Å²) in [5, 5.41) is 0. The van der Waals surface area contributed by atoms with Crippen molar-refractivity contribution in [3.05, 3.63) is 0 Å². The van der Waals surface area contributed by atoms with Crippen molar-refractivity contribution in [1.82, 2.24) is 0 Å². The minimum absolute atomic E-state index is 0.0591. The lowest BCUT2D eigenvalue weighted by atomic mass is 9.69. The summed E-state index contributed by atoms with van der Waals surface area (Å²) in [5.41, 5.74) is 0.207. The van der Waals surface area contributed by atoms with E-state index in [1.54, 1.807) is 0 Å². The van der Waals surface area contributed by atoms with Gasteiger partial charge in [0.1, 0.15) is 0 Å². The van der Waals surface area contributed by atoms with Crippen molar-refractivity contribution in [2.75, 3.05) is 13.2 Å². The van der Waals surface area contributed by atoms with Crippen LogP contribution in [-0.4, -0.2) is 29.7 Å². The molecule has 0 aromatic heterocycles. The highest BCUT2D eigenvalue weighted by Crippen LogP contribution is 2.47. The summed E-state index contributed by atoms with van der Waals surface area (Å²) in [7, 11) is 0. The van der Waals surface area contributed by atoms with Gasteiger partial charge in [-0.2, -0.15) is 0 Å². The van der Waals surface area contributed by atoms with Crippen LogP contribution in [0.2, 0.25) is 0 Å². The van der Waals surface area contributed by atoms with E-state index in [2.05, 4.69) is 50.5 Å². The molecule has 3 heteroatoms. The number of alkyl halides is 1.